The van der Waals surface area contributed by atoms with E-state index in [-0.39, 0.29) is 23.3 Å². The number of amides is 1. The third kappa shape index (κ3) is 4.06. The van der Waals surface area contributed by atoms with Gasteiger partial charge in [0.1, 0.15) is 6.54 Å². The molecule has 1 amide bonds. The molecule has 0 saturated carbocycles. The summed E-state index contributed by atoms with van der Waals surface area (Å²) in [7, 11) is 0. The second-order valence-electron chi connectivity index (χ2n) is 6.60. The third-order valence-electron chi connectivity index (χ3n) is 4.63. The Balaban J connectivity index is 1.37. The number of hydrogen-bond donors (Lipinski definition) is 3. The molecule has 1 heterocycles. The highest BCUT2D eigenvalue weighted by molar-refractivity contribution is 7.80. The van der Waals surface area contributed by atoms with Gasteiger partial charge < -0.3 is 9.88 Å². The lowest BCUT2D eigenvalue weighted by Crippen LogP contribution is -2.45. The van der Waals surface area contributed by atoms with Crippen LogP contribution in [0.3, 0.4) is 0 Å². The van der Waals surface area contributed by atoms with Crippen molar-refractivity contribution < 1.29 is 9.72 Å². The number of hydrogen-bond acceptors (Lipinski definition) is 4. The SMILES string of the molecule is O=C(Cn1ccc2cc([N+](=O)[O-])ccc21)NNC(=S)Nc1cccc2ccccc12. The molecule has 3 N–H and O–H groups in total. The van der Waals surface area contributed by atoms with Crippen molar-refractivity contribution in [2.75, 3.05) is 5.32 Å². The molecule has 8 nitrogen and oxygen atoms in total. The van der Waals surface area contributed by atoms with Gasteiger partial charge in [-0.25, -0.2) is 0 Å². The van der Waals surface area contributed by atoms with Crippen LogP contribution in [0, 0.1) is 10.1 Å². The van der Waals surface area contributed by atoms with Gasteiger partial charge in [0.05, 0.1) is 4.92 Å². The molecule has 0 fully saturated rings. The summed E-state index contributed by atoms with van der Waals surface area (Å²) in [5.41, 5.74) is 6.83. The number of thiocarbonyl (C=S) groups is 1. The molecule has 0 aliphatic carbocycles. The molecule has 0 radical (unpaired) electrons. The molecule has 9 heteroatoms. The fourth-order valence-corrected chi connectivity index (χ4v) is 3.41. The van der Waals surface area contributed by atoms with Gasteiger partial charge in [-0.05, 0) is 35.8 Å². The highest BCUT2D eigenvalue weighted by atomic mass is 32.1. The Kier molecular flexibility index (Phi) is 5.27. The highest BCUT2D eigenvalue weighted by Gasteiger charge is 2.11. The number of fused-ring (bicyclic) bond motifs is 2. The number of benzene rings is 3. The third-order valence-corrected chi connectivity index (χ3v) is 4.84. The Morgan fingerprint density at radius 2 is 1.80 bits per heavy atom. The van der Waals surface area contributed by atoms with E-state index >= 15 is 0 Å². The molecule has 0 aliphatic heterocycles. The standard InChI is InChI=1S/C21H17N5O3S/c27-20(13-25-11-10-15-12-16(26(28)29)8-9-19(15)25)23-24-21(30)22-18-7-3-5-14-4-1-2-6-17(14)18/h1-12H,13H2,(H,23,27)(H2,22,24,30). The van der Waals surface area contributed by atoms with Crippen LogP contribution in [0.4, 0.5) is 11.4 Å². The van der Waals surface area contributed by atoms with Gasteiger partial charge in [-0.15, -0.1) is 0 Å². The van der Waals surface area contributed by atoms with Crippen LogP contribution < -0.4 is 16.2 Å². The fourth-order valence-electron chi connectivity index (χ4n) is 3.25. The van der Waals surface area contributed by atoms with Crippen molar-refractivity contribution in [3.63, 3.8) is 0 Å². The Hall–Kier alpha value is -3.98. The zero-order valence-corrected chi connectivity index (χ0v) is 16.5. The quantitative estimate of drug-likeness (QED) is 0.265. The molecule has 1 aromatic heterocycles. The predicted octanol–water partition coefficient (Wildman–Crippen LogP) is 3.72. The molecule has 0 unspecified atom stereocenters. The number of nitrogens with zero attached hydrogens (tertiary/aromatic N) is 2. The zero-order valence-electron chi connectivity index (χ0n) is 15.7. The van der Waals surface area contributed by atoms with E-state index in [0.717, 1.165) is 22.0 Å². The number of nitro benzene ring substituents is 1. The van der Waals surface area contributed by atoms with Crippen LogP contribution in [0.2, 0.25) is 0 Å². The number of non-ortho nitro benzene ring substituents is 1. The van der Waals surface area contributed by atoms with Crippen LogP contribution in [-0.4, -0.2) is 20.5 Å². The molecule has 0 saturated heterocycles. The lowest BCUT2D eigenvalue weighted by atomic mass is 10.1. The molecule has 4 aromatic rings. The maximum atomic E-state index is 12.3. The van der Waals surface area contributed by atoms with Crippen LogP contribution >= 0.6 is 12.2 Å². The Labute approximate surface area is 176 Å². The largest absolute Gasteiger partial charge is 0.338 e. The van der Waals surface area contributed by atoms with E-state index in [4.69, 9.17) is 12.2 Å². The molecule has 0 atom stereocenters. The smallest absolute Gasteiger partial charge is 0.270 e. The summed E-state index contributed by atoms with van der Waals surface area (Å²) in [6, 6.07) is 20.0. The van der Waals surface area contributed by atoms with Crippen LogP contribution in [0.1, 0.15) is 0 Å². The minimum Gasteiger partial charge on any atom is -0.338 e. The minimum atomic E-state index is -0.447. The summed E-state index contributed by atoms with van der Waals surface area (Å²) in [6.45, 7) is 0.0329. The first-order valence-corrected chi connectivity index (χ1v) is 9.49. The van der Waals surface area contributed by atoms with E-state index in [1.165, 1.54) is 12.1 Å². The lowest BCUT2D eigenvalue weighted by Gasteiger charge is -2.13. The Morgan fingerprint density at radius 3 is 2.63 bits per heavy atom. The number of carbonyl (C=O) groups excluding carboxylic acids is 1. The van der Waals surface area contributed by atoms with Gasteiger partial charge in [0.15, 0.2) is 5.11 Å². The van der Waals surface area contributed by atoms with Crippen LogP contribution in [0.5, 0.6) is 0 Å². The predicted molar refractivity (Wildman–Crippen MR) is 120 cm³/mol. The number of nitrogens with one attached hydrogen (secondary N) is 3. The number of carbonyl (C=O) groups is 1. The minimum absolute atomic E-state index is 0.0104. The van der Waals surface area contributed by atoms with Gasteiger partial charge in [-0.3, -0.25) is 25.8 Å². The van der Waals surface area contributed by atoms with E-state index < -0.39 is 4.92 Å². The molecular weight excluding hydrogens is 402 g/mol. The number of hydrazine groups is 1. The Bertz CT molecular complexity index is 1280. The maximum Gasteiger partial charge on any atom is 0.270 e. The van der Waals surface area contributed by atoms with E-state index in [1.807, 2.05) is 42.5 Å². The van der Waals surface area contributed by atoms with Crippen molar-refractivity contribution in [2.45, 2.75) is 6.54 Å². The fraction of sp³-hybridized carbons (Fsp3) is 0.0476. The molecule has 0 bridgehead atoms. The number of aromatic nitrogens is 1. The zero-order chi connectivity index (χ0) is 21.1. The average Bonchev–Trinajstić information content (AvgIpc) is 3.14. The number of anilines is 1. The molecule has 3 aromatic carbocycles. The van der Waals surface area contributed by atoms with Crippen molar-refractivity contribution in [3.05, 3.63) is 83.0 Å². The first-order valence-electron chi connectivity index (χ1n) is 9.08. The van der Waals surface area contributed by atoms with Crippen molar-refractivity contribution in [2.24, 2.45) is 0 Å². The summed E-state index contributed by atoms with van der Waals surface area (Å²) in [5.74, 6) is -0.312. The van der Waals surface area contributed by atoms with Gasteiger partial charge in [0, 0.05) is 40.3 Å². The van der Waals surface area contributed by atoms with E-state index in [2.05, 4.69) is 16.2 Å². The second-order valence-corrected chi connectivity index (χ2v) is 7.01. The maximum absolute atomic E-state index is 12.3. The monoisotopic (exact) mass is 419 g/mol. The van der Waals surface area contributed by atoms with Crippen molar-refractivity contribution in [1.29, 1.82) is 0 Å². The average molecular weight is 419 g/mol. The van der Waals surface area contributed by atoms with Crippen molar-refractivity contribution in [3.8, 4) is 0 Å². The number of rotatable bonds is 4. The van der Waals surface area contributed by atoms with E-state index in [0.29, 0.717) is 5.39 Å². The molecule has 0 aliphatic rings. The first kappa shape index (κ1) is 19.3. The second kappa shape index (κ2) is 8.18. The highest BCUT2D eigenvalue weighted by Crippen LogP contribution is 2.23. The van der Waals surface area contributed by atoms with Crippen molar-refractivity contribution in [1.82, 2.24) is 15.4 Å². The van der Waals surface area contributed by atoms with Gasteiger partial charge in [0.25, 0.3) is 11.6 Å². The van der Waals surface area contributed by atoms with Gasteiger partial charge in [-0.1, -0.05) is 36.4 Å². The lowest BCUT2D eigenvalue weighted by molar-refractivity contribution is -0.384. The van der Waals surface area contributed by atoms with E-state index in [1.54, 1.807) is 22.9 Å². The van der Waals surface area contributed by atoms with Crippen molar-refractivity contribution >= 4 is 56.3 Å². The van der Waals surface area contributed by atoms with Gasteiger partial charge in [0.2, 0.25) is 0 Å². The molecule has 0 spiro atoms. The summed E-state index contributed by atoms with van der Waals surface area (Å²) in [6.07, 6.45) is 1.71. The molecule has 30 heavy (non-hydrogen) atoms. The van der Waals surface area contributed by atoms with E-state index in [9.17, 15) is 14.9 Å². The molecule has 4 rings (SSSR count). The van der Waals surface area contributed by atoms with Crippen LogP contribution in [0.25, 0.3) is 21.7 Å². The first-order chi connectivity index (χ1) is 14.5. The molecule has 150 valence electrons. The summed E-state index contributed by atoms with van der Waals surface area (Å²) in [4.78, 5) is 22.8. The molecular formula is C21H17N5O3S. The van der Waals surface area contributed by atoms with Gasteiger partial charge >= 0.3 is 0 Å². The van der Waals surface area contributed by atoms with Crippen LogP contribution in [0.15, 0.2) is 72.9 Å². The van der Waals surface area contributed by atoms with Crippen LogP contribution in [-0.2, 0) is 11.3 Å². The summed E-state index contributed by atoms with van der Waals surface area (Å²) in [5, 5.41) is 17.0. The van der Waals surface area contributed by atoms with Gasteiger partial charge in [-0.2, -0.15) is 0 Å². The summed E-state index contributed by atoms with van der Waals surface area (Å²) >= 11 is 5.27. The normalized spacial score (nSPS) is 10.7. The summed E-state index contributed by atoms with van der Waals surface area (Å²) < 4.78 is 1.71. The Morgan fingerprint density at radius 1 is 1.00 bits per heavy atom. The number of nitro groups is 1. The topological polar surface area (TPSA) is 101 Å².